The van der Waals surface area contributed by atoms with E-state index in [4.69, 9.17) is 0 Å². The summed E-state index contributed by atoms with van der Waals surface area (Å²) in [6, 6.07) is 13.4. The maximum Gasteiger partial charge on any atom is 0.337 e. The van der Waals surface area contributed by atoms with Gasteiger partial charge in [-0.1, -0.05) is 18.2 Å². The molecule has 1 N–H and O–H groups in total. The van der Waals surface area contributed by atoms with Gasteiger partial charge in [0.25, 0.3) is 0 Å². The summed E-state index contributed by atoms with van der Waals surface area (Å²) in [6.45, 7) is 3.94. The van der Waals surface area contributed by atoms with Crippen molar-refractivity contribution < 1.29 is 17.9 Å². The summed E-state index contributed by atoms with van der Waals surface area (Å²) in [5.41, 5.74) is 2.25. The average molecular weight is 403 g/mol. The molecule has 0 aromatic heterocycles. The van der Waals surface area contributed by atoms with Gasteiger partial charge in [0.15, 0.2) is 0 Å². The van der Waals surface area contributed by atoms with Crippen molar-refractivity contribution in [3.63, 3.8) is 0 Å². The van der Waals surface area contributed by atoms with E-state index < -0.39 is 22.0 Å². The van der Waals surface area contributed by atoms with Crippen LogP contribution in [0.2, 0.25) is 0 Å². The minimum absolute atomic E-state index is 0.0344. The van der Waals surface area contributed by atoms with Crippen LogP contribution in [0.4, 0.5) is 5.69 Å². The number of hydrogen-bond acceptors (Lipinski definition) is 5. The number of anilines is 1. The maximum absolute atomic E-state index is 12.7. The number of hydrogen-bond donors (Lipinski definition) is 1. The zero-order valence-corrected chi connectivity index (χ0v) is 17.0. The Bertz CT molecular complexity index is 920. The molecule has 1 saturated heterocycles. The van der Waals surface area contributed by atoms with Crippen LogP contribution in [0, 0.1) is 0 Å². The third kappa shape index (κ3) is 4.72. The third-order valence-corrected chi connectivity index (χ3v) is 6.55. The maximum atomic E-state index is 12.7. The molecular formula is C21H26N2O4S. The Morgan fingerprint density at radius 3 is 2.39 bits per heavy atom. The summed E-state index contributed by atoms with van der Waals surface area (Å²) in [5, 5.41) is 0. The predicted molar refractivity (Wildman–Crippen MR) is 109 cm³/mol. The summed E-state index contributed by atoms with van der Waals surface area (Å²) in [6.07, 6.45) is 3.70. The first kappa shape index (κ1) is 20.4. The lowest BCUT2D eigenvalue weighted by Gasteiger charge is -2.29. The fourth-order valence-corrected chi connectivity index (χ4v) is 4.68. The molecule has 1 aliphatic rings. The summed E-state index contributed by atoms with van der Waals surface area (Å²) >= 11 is 0. The van der Waals surface area contributed by atoms with Crippen molar-refractivity contribution in [1.29, 1.82) is 0 Å². The van der Waals surface area contributed by atoms with Gasteiger partial charge in [-0.05, 0) is 62.1 Å². The van der Waals surface area contributed by atoms with E-state index in [-0.39, 0.29) is 10.5 Å². The van der Waals surface area contributed by atoms with E-state index >= 15 is 0 Å². The van der Waals surface area contributed by atoms with Crippen LogP contribution in [0.15, 0.2) is 53.4 Å². The Balaban J connectivity index is 1.72. The summed E-state index contributed by atoms with van der Waals surface area (Å²) < 4.78 is 32.8. The molecular weight excluding hydrogens is 376 g/mol. The first-order chi connectivity index (χ1) is 13.4. The molecule has 0 saturated carbocycles. The highest BCUT2D eigenvalue weighted by molar-refractivity contribution is 7.89. The Hall–Kier alpha value is -2.38. The molecule has 7 heteroatoms. The monoisotopic (exact) mass is 402 g/mol. The lowest BCUT2D eigenvalue weighted by atomic mass is 10.1. The van der Waals surface area contributed by atoms with Crippen LogP contribution >= 0.6 is 0 Å². The van der Waals surface area contributed by atoms with Crippen molar-refractivity contribution >= 4 is 21.7 Å². The van der Waals surface area contributed by atoms with Crippen molar-refractivity contribution in [1.82, 2.24) is 4.72 Å². The number of carbonyl (C=O) groups excluding carboxylic acids is 1. The molecule has 0 amide bonds. The van der Waals surface area contributed by atoms with Crippen LogP contribution in [0.1, 0.15) is 48.1 Å². The zero-order chi connectivity index (χ0) is 20.1. The van der Waals surface area contributed by atoms with Crippen molar-refractivity contribution in [2.45, 2.75) is 37.1 Å². The highest BCUT2D eigenvalue weighted by Crippen LogP contribution is 2.23. The molecule has 0 spiro atoms. The van der Waals surface area contributed by atoms with E-state index in [9.17, 15) is 13.2 Å². The molecule has 1 unspecified atom stereocenters. The van der Waals surface area contributed by atoms with Crippen molar-refractivity contribution in [2.75, 3.05) is 25.1 Å². The summed E-state index contributed by atoms with van der Waals surface area (Å²) in [5.74, 6) is -0.571. The number of methoxy groups -OCH3 is 1. The quantitative estimate of drug-likeness (QED) is 0.749. The van der Waals surface area contributed by atoms with E-state index in [1.807, 2.05) is 24.3 Å². The van der Waals surface area contributed by atoms with Crippen LogP contribution < -0.4 is 9.62 Å². The topological polar surface area (TPSA) is 75.7 Å². The van der Waals surface area contributed by atoms with Gasteiger partial charge in [0.05, 0.1) is 17.6 Å². The van der Waals surface area contributed by atoms with E-state index in [0.29, 0.717) is 0 Å². The average Bonchev–Trinajstić information content (AvgIpc) is 2.73. The van der Waals surface area contributed by atoms with Gasteiger partial charge in [0, 0.05) is 24.8 Å². The van der Waals surface area contributed by atoms with E-state index in [2.05, 4.69) is 14.4 Å². The number of ether oxygens (including phenoxy) is 1. The molecule has 0 bridgehead atoms. The van der Waals surface area contributed by atoms with Crippen molar-refractivity contribution in [3.05, 3.63) is 59.7 Å². The molecule has 0 aliphatic carbocycles. The van der Waals surface area contributed by atoms with Gasteiger partial charge in [-0.2, -0.15) is 0 Å². The van der Waals surface area contributed by atoms with Gasteiger partial charge in [-0.15, -0.1) is 0 Å². The van der Waals surface area contributed by atoms with Gasteiger partial charge in [-0.25, -0.2) is 17.9 Å². The van der Waals surface area contributed by atoms with Crippen LogP contribution in [-0.4, -0.2) is 34.6 Å². The normalized spacial score (nSPS) is 15.9. The molecule has 150 valence electrons. The Morgan fingerprint density at radius 1 is 1.07 bits per heavy atom. The van der Waals surface area contributed by atoms with Gasteiger partial charge < -0.3 is 9.64 Å². The highest BCUT2D eigenvalue weighted by Gasteiger charge is 2.20. The molecule has 1 fully saturated rings. The molecule has 0 radical (unpaired) electrons. The fourth-order valence-electron chi connectivity index (χ4n) is 3.40. The predicted octanol–water partition coefficient (Wildman–Crippen LogP) is 3.50. The van der Waals surface area contributed by atoms with Crippen LogP contribution in [0.3, 0.4) is 0 Å². The largest absolute Gasteiger partial charge is 0.465 e. The molecule has 2 aromatic carbocycles. The molecule has 28 heavy (non-hydrogen) atoms. The number of esters is 1. The summed E-state index contributed by atoms with van der Waals surface area (Å²) in [7, 11) is -2.51. The van der Waals surface area contributed by atoms with E-state index in [1.165, 1.54) is 56.3 Å². The SMILES string of the molecule is COC(=O)c1cccc(S(=O)(=O)NC(C)c2ccc(N3CCCCC3)cc2)c1. The van der Waals surface area contributed by atoms with Crippen molar-refractivity contribution in [2.24, 2.45) is 0 Å². The molecule has 2 aromatic rings. The number of nitrogens with zero attached hydrogens (tertiary/aromatic N) is 1. The van der Waals surface area contributed by atoms with Gasteiger partial charge >= 0.3 is 5.97 Å². The highest BCUT2D eigenvalue weighted by atomic mass is 32.2. The Kier molecular flexibility index (Phi) is 6.36. The minimum Gasteiger partial charge on any atom is -0.465 e. The number of benzene rings is 2. The second kappa shape index (κ2) is 8.75. The lowest BCUT2D eigenvalue weighted by molar-refractivity contribution is 0.0600. The number of sulfonamides is 1. The molecule has 1 atom stereocenters. The number of nitrogens with one attached hydrogen (secondary N) is 1. The molecule has 3 rings (SSSR count). The van der Waals surface area contributed by atoms with Crippen LogP contribution in [-0.2, 0) is 14.8 Å². The van der Waals surface area contributed by atoms with E-state index in [0.717, 1.165) is 18.7 Å². The number of piperidine rings is 1. The minimum atomic E-state index is -3.77. The molecule has 6 nitrogen and oxygen atoms in total. The molecule has 1 aliphatic heterocycles. The summed E-state index contributed by atoms with van der Waals surface area (Å²) in [4.78, 5) is 14.1. The second-order valence-corrected chi connectivity index (χ2v) is 8.72. The third-order valence-electron chi connectivity index (χ3n) is 5.01. The molecule has 1 heterocycles. The fraction of sp³-hybridized carbons (Fsp3) is 0.381. The smallest absolute Gasteiger partial charge is 0.337 e. The number of rotatable bonds is 6. The van der Waals surface area contributed by atoms with Gasteiger partial charge in [0.2, 0.25) is 10.0 Å². The Labute approximate surface area is 166 Å². The van der Waals surface area contributed by atoms with Gasteiger partial charge in [-0.3, -0.25) is 0 Å². The first-order valence-electron chi connectivity index (χ1n) is 9.46. The van der Waals surface area contributed by atoms with Crippen LogP contribution in [0.5, 0.6) is 0 Å². The Morgan fingerprint density at radius 2 is 1.75 bits per heavy atom. The number of carbonyl (C=O) groups is 1. The zero-order valence-electron chi connectivity index (χ0n) is 16.2. The first-order valence-corrected chi connectivity index (χ1v) is 10.9. The van der Waals surface area contributed by atoms with E-state index in [1.54, 1.807) is 6.92 Å². The van der Waals surface area contributed by atoms with Crippen molar-refractivity contribution in [3.8, 4) is 0 Å². The van der Waals surface area contributed by atoms with Gasteiger partial charge in [0.1, 0.15) is 0 Å². The second-order valence-electron chi connectivity index (χ2n) is 7.00. The van der Waals surface area contributed by atoms with Crippen LogP contribution in [0.25, 0.3) is 0 Å². The standard InChI is InChI=1S/C21H26N2O4S/c1-16(17-9-11-19(12-10-17)23-13-4-3-5-14-23)22-28(25,26)20-8-6-7-18(15-20)21(24)27-2/h6-12,15-16,22H,3-5,13-14H2,1-2H3. The lowest BCUT2D eigenvalue weighted by Crippen LogP contribution is -2.29.